The van der Waals surface area contributed by atoms with E-state index in [9.17, 15) is 8.76 Å². The Bertz CT molecular complexity index is 919. The summed E-state index contributed by atoms with van der Waals surface area (Å²) in [5.41, 5.74) is 3.96. The van der Waals surface area contributed by atoms with E-state index in [4.69, 9.17) is 5.26 Å². The first-order valence-electron chi connectivity index (χ1n) is 10.5. The van der Waals surface area contributed by atoms with Gasteiger partial charge in [-0.15, -0.1) is 0 Å². The quantitative estimate of drug-likeness (QED) is 0.633. The first-order chi connectivity index (χ1) is 14.2. The minimum atomic E-state index is -1.78. The fourth-order valence-corrected chi connectivity index (χ4v) is 5.02. The van der Waals surface area contributed by atoms with Gasteiger partial charge in [0.1, 0.15) is 0 Å². The summed E-state index contributed by atoms with van der Waals surface area (Å²) in [7, 11) is 0. The summed E-state index contributed by atoms with van der Waals surface area (Å²) < 4.78 is 20.9. The summed E-state index contributed by atoms with van der Waals surface area (Å²) >= 11 is -1.78. The molecule has 6 heteroatoms. The van der Waals surface area contributed by atoms with Gasteiger partial charge < -0.3 is 4.55 Å². The van der Waals surface area contributed by atoms with E-state index in [1.807, 2.05) is 37.4 Å². The number of nitrogens with zero attached hydrogens (tertiary/aromatic N) is 3. The van der Waals surface area contributed by atoms with Crippen molar-refractivity contribution in [2.45, 2.75) is 52.0 Å². The Kier molecular flexibility index (Phi) is 7.07. The van der Waals surface area contributed by atoms with Crippen molar-refractivity contribution in [2.24, 2.45) is 5.41 Å². The van der Waals surface area contributed by atoms with Crippen molar-refractivity contribution in [2.75, 3.05) is 18.8 Å². The van der Waals surface area contributed by atoms with Gasteiger partial charge in [0.25, 0.3) is 0 Å². The van der Waals surface area contributed by atoms with E-state index < -0.39 is 11.1 Å². The Labute approximate surface area is 182 Å². The van der Waals surface area contributed by atoms with Crippen LogP contribution in [0.3, 0.4) is 0 Å². The highest BCUT2D eigenvalue weighted by Gasteiger charge is 2.43. The van der Waals surface area contributed by atoms with Crippen LogP contribution in [0.5, 0.6) is 0 Å². The summed E-state index contributed by atoms with van der Waals surface area (Å²) in [5, 5.41) is 9.00. The number of benzene rings is 1. The lowest BCUT2D eigenvalue weighted by molar-refractivity contribution is 0.126. The Morgan fingerprint density at radius 2 is 1.97 bits per heavy atom. The van der Waals surface area contributed by atoms with Crippen molar-refractivity contribution in [3.8, 4) is 6.07 Å². The van der Waals surface area contributed by atoms with E-state index in [1.165, 1.54) is 11.1 Å². The molecule has 0 saturated carbocycles. The molecule has 0 bridgehead atoms. The SMILES string of the molecule is Cc1ccc(C(C)(C)N2CC[C@](CCc3ccc(C#N)cc3)(CCS(=O)O)C2)cn1. The molecule has 1 unspecified atom stereocenters. The lowest BCUT2D eigenvalue weighted by atomic mass is 9.78. The Hall–Kier alpha value is -2.07. The lowest BCUT2D eigenvalue weighted by Gasteiger charge is -2.38. The molecule has 5 nitrogen and oxygen atoms in total. The summed E-state index contributed by atoms with van der Waals surface area (Å²) in [5.74, 6) is 0.313. The number of likely N-dealkylation sites (tertiary alicyclic amines) is 1. The number of aromatic nitrogens is 1. The second kappa shape index (κ2) is 9.38. The van der Waals surface area contributed by atoms with Crippen molar-refractivity contribution in [1.29, 1.82) is 5.26 Å². The van der Waals surface area contributed by atoms with Crippen LogP contribution in [-0.4, -0.2) is 37.5 Å². The van der Waals surface area contributed by atoms with Crippen molar-refractivity contribution in [3.05, 3.63) is 65.0 Å². The highest BCUT2D eigenvalue weighted by Crippen LogP contribution is 2.43. The molecule has 160 valence electrons. The maximum atomic E-state index is 11.4. The molecule has 2 aromatic rings. The molecule has 1 saturated heterocycles. The molecular weight excluding hydrogens is 394 g/mol. The van der Waals surface area contributed by atoms with E-state index in [2.05, 4.69) is 41.9 Å². The third-order valence-electron chi connectivity index (χ3n) is 6.68. The zero-order valence-electron chi connectivity index (χ0n) is 18.1. The van der Waals surface area contributed by atoms with Gasteiger partial charge in [-0.1, -0.05) is 18.2 Å². The predicted molar refractivity (Wildman–Crippen MR) is 120 cm³/mol. The summed E-state index contributed by atoms with van der Waals surface area (Å²) in [6.45, 7) is 8.34. The van der Waals surface area contributed by atoms with Crippen LogP contribution < -0.4 is 0 Å². The third-order valence-corrected chi connectivity index (χ3v) is 7.23. The number of pyridine rings is 1. The summed E-state index contributed by atoms with van der Waals surface area (Å²) in [6, 6.07) is 14.1. The molecule has 0 amide bonds. The van der Waals surface area contributed by atoms with Gasteiger partial charge in [-0.2, -0.15) is 5.26 Å². The van der Waals surface area contributed by atoms with Crippen molar-refractivity contribution >= 4 is 11.1 Å². The highest BCUT2D eigenvalue weighted by molar-refractivity contribution is 7.79. The second-order valence-corrected chi connectivity index (χ2v) is 10.1. The van der Waals surface area contributed by atoms with Gasteiger partial charge in [0.2, 0.25) is 0 Å². The van der Waals surface area contributed by atoms with Gasteiger partial charge in [0, 0.05) is 29.7 Å². The molecule has 0 spiro atoms. The fourth-order valence-electron chi connectivity index (χ4n) is 4.42. The second-order valence-electron chi connectivity index (χ2n) is 9.00. The number of hydrogen-bond acceptors (Lipinski definition) is 4. The maximum absolute atomic E-state index is 11.4. The van der Waals surface area contributed by atoms with E-state index >= 15 is 0 Å². The van der Waals surface area contributed by atoms with E-state index in [1.54, 1.807) is 0 Å². The van der Waals surface area contributed by atoms with Gasteiger partial charge in [-0.05, 0) is 87.7 Å². The molecule has 1 aromatic heterocycles. The topological polar surface area (TPSA) is 77.2 Å². The van der Waals surface area contributed by atoms with Gasteiger partial charge in [-0.3, -0.25) is 9.88 Å². The van der Waals surface area contributed by atoms with Crippen LogP contribution in [0, 0.1) is 23.7 Å². The summed E-state index contributed by atoms with van der Waals surface area (Å²) in [6.07, 6.45) is 5.60. The highest BCUT2D eigenvalue weighted by atomic mass is 32.2. The lowest BCUT2D eigenvalue weighted by Crippen LogP contribution is -2.41. The van der Waals surface area contributed by atoms with E-state index in [0.717, 1.165) is 44.5 Å². The molecule has 1 N–H and O–H groups in total. The Balaban J connectivity index is 1.75. The van der Waals surface area contributed by atoms with Crippen LogP contribution in [0.15, 0.2) is 42.6 Å². The molecule has 3 rings (SSSR count). The number of aryl methyl sites for hydroxylation is 2. The molecule has 1 fully saturated rings. The van der Waals surface area contributed by atoms with Crippen LogP contribution in [0.4, 0.5) is 0 Å². The largest absolute Gasteiger partial charge is 0.306 e. The molecule has 2 atom stereocenters. The fraction of sp³-hybridized carbons (Fsp3) is 0.500. The standard InChI is InChI=1S/C24H31N3O2S/c1-19-4-9-22(17-26-19)23(2,3)27-14-12-24(18-27,13-15-30(28)29)11-10-20-5-7-21(16-25)8-6-20/h4-9,17H,10-15,18H2,1-3H3,(H,28,29)/t24-/m1/s1. The number of nitriles is 1. The van der Waals surface area contributed by atoms with Crippen LogP contribution in [0.25, 0.3) is 0 Å². The molecular formula is C24H31N3O2S. The maximum Gasteiger partial charge on any atom is 0.152 e. The summed E-state index contributed by atoms with van der Waals surface area (Å²) in [4.78, 5) is 6.98. The number of rotatable bonds is 8. The zero-order chi connectivity index (χ0) is 21.8. The normalized spacial score (nSPS) is 20.8. The third kappa shape index (κ3) is 5.34. The molecule has 1 aromatic carbocycles. The average molecular weight is 426 g/mol. The van der Waals surface area contributed by atoms with Gasteiger partial charge in [0.15, 0.2) is 11.1 Å². The smallest absolute Gasteiger partial charge is 0.152 e. The van der Waals surface area contributed by atoms with E-state index in [0.29, 0.717) is 11.3 Å². The van der Waals surface area contributed by atoms with Gasteiger partial charge in [-0.25, -0.2) is 4.21 Å². The molecule has 0 radical (unpaired) electrons. The van der Waals surface area contributed by atoms with Crippen molar-refractivity contribution in [1.82, 2.24) is 9.88 Å². The van der Waals surface area contributed by atoms with Crippen LogP contribution in [0.2, 0.25) is 0 Å². The predicted octanol–water partition coefficient (Wildman–Crippen LogP) is 4.43. The van der Waals surface area contributed by atoms with Crippen LogP contribution in [0.1, 0.15) is 55.5 Å². The van der Waals surface area contributed by atoms with Crippen molar-refractivity contribution in [3.63, 3.8) is 0 Å². The monoisotopic (exact) mass is 425 g/mol. The van der Waals surface area contributed by atoms with Gasteiger partial charge in [0.05, 0.1) is 11.6 Å². The molecule has 2 heterocycles. The average Bonchev–Trinajstić information content (AvgIpc) is 3.17. The Morgan fingerprint density at radius 1 is 1.23 bits per heavy atom. The molecule has 30 heavy (non-hydrogen) atoms. The van der Waals surface area contributed by atoms with Crippen molar-refractivity contribution < 1.29 is 8.76 Å². The minimum Gasteiger partial charge on any atom is -0.306 e. The Morgan fingerprint density at radius 3 is 2.57 bits per heavy atom. The minimum absolute atomic E-state index is 0.0156. The van der Waals surface area contributed by atoms with Crippen LogP contribution >= 0.6 is 0 Å². The first-order valence-corrected chi connectivity index (χ1v) is 11.8. The molecule has 1 aliphatic rings. The molecule has 0 aliphatic carbocycles. The zero-order valence-corrected chi connectivity index (χ0v) is 18.9. The van der Waals surface area contributed by atoms with Crippen LogP contribution in [-0.2, 0) is 23.0 Å². The van der Waals surface area contributed by atoms with E-state index in [-0.39, 0.29) is 11.0 Å². The molecule has 1 aliphatic heterocycles. The first kappa shape index (κ1) is 22.6. The number of hydrogen-bond donors (Lipinski definition) is 1. The van der Waals surface area contributed by atoms with Gasteiger partial charge >= 0.3 is 0 Å².